The van der Waals surface area contributed by atoms with Gasteiger partial charge in [0.05, 0.1) is 5.69 Å². The van der Waals surface area contributed by atoms with E-state index in [1.54, 1.807) is 0 Å². The summed E-state index contributed by atoms with van der Waals surface area (Å²) in [5.41, 5.74) is 2.74. The van der Waals surface area contributed by atoms with Gasteiger partial charge in [0, 0.05) is 19.2 Å². The SMILES string of the molecule is CCCCCCCCCCCCCCCn1cc(CCCc2ccccc2)nc1CCCCC. The van der Waals surface area contributed by atoms with E-state index in [4.69, 9.17) is 4.98 Å². The second kappa shape index (κ2) is 19.7. The molecule has 0 saturated heterocycles. The molecule has 2 heteroatoms. The van der Waals surface area contributed by atoms with Crippen LogP contribution in [0.25, 0.3) is 0 Å². The Hall–Kier alpha value is -1.57. The summed E-state index contributed by atoms with van der Waals surface area (Å²) >= 11 is 0. The molecule has 0 atom stereocenters. The Kier molecular flexibility index (Phi) is 16.6. The van der Waals surface area contributed by atoms with Gasteiger partial charge in [0.1, 0.15) is 5.82 Å². The Morgan fingerprint density at radius 1 is 0.559 bits per heavy atom. The number of nitrogens with zero attached hydrogens (tertiary/aromatic N) is 2. The molecule has 1 aromatic heterocycles. The number of imidazole rings is 1. The molecule has 0 bridgehead atoms. The van der Waals surface area contributed by atoms with Gasteiger partial charge in [-0.05, 0) is 37.7 Å². The number of benzene rings is 1. The first-order valence-corrected chi connectivity index (χ1v) is 14.9. The molecule has 192 valence electrons. The summed E-state index contributed by atoms with van der Waals surface area (Å²) in [6.45, 7) is 5.74. The molecule has 2 nitrogen and oxygen atoms in total. The highest BCUT2D eigenvalue weighted by molar-refractivity contribution is 5.15. The lowest BCUT2D eigenvalue weighted by molar-refractivity contribution is 0.519. The minimum absolute atomic E-state index is 1.10. The van der Waals surface area contributed by atoms with Crippen molar-refractivity contribution in [1.29, 1.82) is 0 Å². The number of unbranched alkanes of at least 4 members (excludes halogenated alkanes) is 14. The van der Waals surface area contributed by atoms with Crippen molar-refractivity contribution in [2.24, 2.45) is 0 Å². The molecule has 1 aromatic carbocycles. The molecule has 0 aliphatic rings. The van der Waals surface area contributed by atoms with Gasteiger partial charge in [-0.25, -0.2) is 4.98 Å². The van der Waals surface area contributed by atoms with Crippen LogP contribution in [0, 0.1) is 0 Å². The molecule has 0 fully saturated rings. The molecule has 0 N–H and O–H groups in total. The molecule has 0 aliphatic carbocycles. The Bertz CT molecular complexity index is 703. The first kappa shape index (κ1) is 28.7. The van der Waals surface area contributed by atoms with Crippen LogP contribution in [0.5, 0.6) is 0 Å². The standard InChI is InChI=1S/C32H54N2/c1-3-5-7-8-9-10-11-12-13-14-15-16-21-28-34-29-31(33-32(34)27-18-6-4-2)26-22-25-30-23-19-17-20-24-30/h17,19-20,23-24,29H,3-16,18,21-22,25-28H2,1-2H3. The predicted molar refractivity (Wildman–Crippen MR) is 150 cm³/mol. The molecule has 0 spiro atoms. The monoisotopic (exact) mass is 466 g/mol. The van der Waals surface area contributed by atoms with E-state index in [0.29, 0.717) is 0 Å². The maximum absolute atomic E-state index is 5.06. The average molecular weight is 467 g/mol. The molecule has 0 saturated carbocycles. The van der Waals surface area contributed by atoms with Crippen LogP contribution in [0.15, 0.2) is 36.5 Å². The van der Waals surface area contributed by atoms with Gasteiger partial charge < -0.3 is 4.57 Å². The van der Waals surface area contributed by atoms with E-state index in [1.807, 2.05) is 0 Å². The van der Waals surface area contributed by atoms with E-state index in [0.717, 1.165) is 25.8 Å². The third-order valence-corrected chi connectivity index (χ3v) is 7.16. The van der Waals surface area contributed by atoms with Crippen LogP contribution in [0.4, 0.5) is 0 Å². The lowest BCUT2D eigenvalue weighted by Crippen LogP contribution is -2.03. The molecule has 0 amide bonds. The van der Waals surface area contributed by atoms with Crippen LogP contribution in [0.1, 0.15) is 140 Å². The van der Waals surface area contributed by atoms with Crippen molar-refractivity contribution in [3.63, 3.8) is 0 Å². The summed E-state index contributed by atoms with van der Waals surface area (Å²) in [5, 5.41) is 0. The molecule has 2 rings (SSSR count). The fourth-order valence-electron chi connectivity index (χ4n) is 4.98. The lowest BCUT2D eigenvalue weighted by atomic mass is 10.0. The van der Waals surface area contributed by atoms with Gasteiger partial charge in [-0.15, -0.1) is 0 Å². The molecule has 0 unspecified atom stereocenters. The first-order valence-electron chi connectivity index (χ1n) is 14.9. The van der Waals surface area contributed by atoms with Crippen molar-refractivity contribution in [2.45, 2.75) is 149 Å². The van der Waals surface area contributed by atoms with Gasteiger partial charge in [0.15, 0.2) is 0 Å². The van der Waals surface area contributed by atoms with Crippen LogP contribution >= 0.6 is 0 Å². The summed E-state index contributed by atoms with van der Waals surface area (Å²) in [7, 11) is 0. The number of hydrogen-bond acceptors (Lipinski definition) is 1. The molecular formula is C32H54N2. The van der Waals surface area contributed by atoms with Crippen LogP contribution in [0.3, 0.4) is 0 Å². The van der Waals surface area contributed by atoms with Crippen molar-refractivity contribution < 1.29 is 0 Å². The largest absolute Gasteiger partial charge is 0.335 e. The summed E-state index contributed by atoms with van der Waals surface area (Å²) in [4.78, 5) is 5.06. The van der Waals surface area contributed by atoms with E-state index >= 15 is 0 Å². The van der Waals surface area contributed by atoms with Crippen LogP contribution < -0.4 is 0 Å². The molecule has 0 aliphatic heterocycles. The summed E-state index contributed by atoms with van der Waals surface area (Å²) in [5.74, 6) is 1.34. The zero-order valence-corrected chi connectivity index (χ0v) is 22.7. The smallest absolute Gasteiger partial charge is 0.108 e. The predicted octanol–water partition coefficient (Wildman–Crippen LogP) is 9.88. The molecule has 1 heterocycles. The third-order valence-electron chi connectivity index (χ3n) is 7.16. The topological polar surface area (TPSA) is 17.8 Å². The van der Waals surface area contributed by atoms with Crippen LogP contribution in [0.2, 0.25) is 0 Å². The summed E-state index contributed by atoms with van der Waals surface area (Å²) in [6, 6.07) is 10.9. The zero-order valence-electron chi connectivity index (χ0n) is 22.7. The van der Waals surface area contributed by atoms with Crippen LogP contribution in [-0.2, 0) is 25.8 Å². The highest BCUT2D eigenvalue weighted by atomic mass is 15.1. The van der Waals surface area contributed by atoms with E-state index in [1.165, 1.54) is 126 Å². The molecular weight excluding hydrogens is 412 g/mol. The minimum atomic E-state index is 1.10. The Morgan fingerprint density at radius 3 is 1.74 bits per heavy atom. The van der Waals surface area contributed by atoms with E-state index in [2.05, 4.69) is 54.9 Å². The van der Waals surface area contributed by atoms with Crippen molar-refractivity contribution in [3.8, 4) is 0 Å². The van der Waals surface area contributed by atoms with Gasteiger partial charge in [0.2, 0.25) is 0 Å². The maximum Gasteiger partial charge on any atom is 0.108 e. The van der Waals surface area contributed by atoms with E-state index in [-0.39, 0.29) is 0 Å². The summed E-state index contributed by atoms with van der Waals surface area (Å²) in [6.07, 6.45) is 29.3. The Balaban J connectivity index is 1.60. The normalized spacial score (nSPS) is 11.4. The lowest BCUT2D eigenvalue weighted by Gasteiger charge is -2.08. The highest BCUT2D eigenvalue weighted by Gasteiger charge is 2.08. The number of aromatic nitrogens is 2. The Labute approximate surface area is 212 Å². The van der Waals surface area contributed by atoms with Crippen molar-refractivity contribution >= 4 is 0 Å². The van der Waals surface area contributed by atoms with Gasteiger partial charge in [-0.3, -0.25) is 0 Å². The van der Waals surface area contributed by atoms with Crippen molar-refractivity contribution in [2.75, 3.05) is 0 Å². The molecule has 2 aromatic rings. The summed E-state index contributed by atoms with van der Waals surface area (Å²) < 4.78 is 2.49. The van der Waals surface area contributed by atoms with Crippen LogP contribution in [-0.4, -0.2) is 9.55 Å². The second-order valence-electron chi connectivity index (χ2n) is 10.4. The fraction of sp³-hybridized carbons (Fsp3) is 0.719. The van der Waals surface area contributed by atoms with E-state index < -0.39 is 0 Å². The van der Waals surface area contributed by atoms with Gasteiger partial charge >= 0.3 is 0 Å². The molecule has 0 radical (unpaired) electrons. The van der Waals surface area contributed by atoms with Gasteiger partial charge in [0.25, 0.3) is 0 Å². The number of aryl methyl sites for hydroxylation is 4. The van der Waals surface area contributed by atoms with E-state index in [9.17, 15) is 0 Å². The van der Waals surface area contributed by atoms with Gasteiger partial charge in [-0.2, -0.15) is 0 Å². The minimum Gasteiger partial charge on any atom is -0.335 e. The van der Waals surface area contributed by atoms with Crippen molar-refractivity contribution in [1.82, 2.24) is 9.55 Å². The maximum atomic E-state index is 5.06. The second-order valence-corrected chi connectivity index (χ2v) is 10.4. The fourth-order valence-corrected chi connectivity index (χ4v) is 4.98. The third kappa shape index (κ3) is 13.4. The molecule has 34 heavy (non-hydrogen) atoms. The number of hydrogen-bond donors (Lipinski definition) is 0. The van der Waals surface area contributed by atoms with Gasteiger partial charge in [-0.1, -0.05) is 134 Å². The average Bonchev–Trinajstić information content (AvgIpc) is 3.24. The zero-order chi connectivity index (χ0) is 24.1. The number of rotatable bonds is 22. The highest BCUT2D eigenvalue weighted by Crippen LogP contribution is 2.15. The quantitative estimate of drug-likeness (QED) is 0.158. The first-order chi connectivity index (χ1) is 16.8. The van der Waals surface area contributed by atoms with Crippen molar-refractivity contribution in [3.05, 3.63) is 53.6 Å². The Morgan fingerprint density at radius 2 is 1.12 bits per heavy atom.